The molecule has 32 heavy (non-hydrogen) atoms. The molecular weight excluding hydrogens is 404 g/mol. The number of hydrogen-bond acceptors (Lipinski definition) is 4. The molecule has 2 aromatic rings. The number of carboxylic acids is 1. The third kappa shape index (κ3) is 5.42. The van der Waals surface area contributed by atoms with Gasteiger partial charge >= 0.3 is 12.1 Å². The van der Waals surface area contributed by atoms with E-state index in [0.717, 1.165) is 36.8 Å². The molecule has 0 aliphatic heterocycles. The van der Waals surface area contributed by atoms with Crippen LogP contribution in [0.25, 0.3) is 0 Å². The third-order valence-corrected chi connectivity index (χ3v) is 6.13. The summed E-state index contributed by atoms with van der Waals surface area (Å²) in [5.41, 5.74) is 5.98. The molecule has 172 valence electrons. The van der Waals surface area contributed by atoms with Crippen LogP contribution >= 0.6 is 0 Å². The summed E-state index contributed by atoms with van der Waals surface area (Å²) < 4.78 is 5.75. The Bertz CT molecular complexity index is 915. The molecule has 3 N–H and O–H groups in total. The average molecular weight is 439 g/mol. The third-order valence-electron chi connectivity index (χ3n) is 6.13. The van der Waals surface area contributed by atoms with E-state index >= 15 is 0 Å². The van der Waals surface area contributed by atoms with Gasteiger partial charge in [0.05, 0.1) is 6.54 Å². The van der Waals surface area contributed by atoms with E-state index in [1.54, 1.807) is 32.9 Å². The number of hydrogen-bond donors (Lipinski definition) is 2. The van der Waals surface area contributed by atoms with Gasteiger partial charge in [-0.15, -0.1) is 0 Å². The second kappa shape index (κ2) is 9.63. The van der Waals surface area contributed by atoms with Crippen LogP contribution in [0.1, 0.15) is 57.6 Å². The maximum Gasteiger partial charge on any atom is 0.411 e. The van der Waals surface area contributed by atoms with Crippen LogP contribution in [0.3, 0.4) is 0 Å². The van der Waals surface area contributed by atoms with Crippen LogP contribution in [0.4, 0.5) is 10.5 Å². The fraction of sp³-hybridized carbons (Fsp3) is 0.462. The van der Waals surface area contributed by atoms with Crippen LogP contribution in [0.15, 0.2) is 54.6 Å². The van der Waals surface area contributed by atoms with E-state index in [2.05, 4.69) is 0 Å². The van der Waals surface area contributed by atoms with E-state index in [-0.39, 0.29) is 18.9 Å². The highest BCUT2D eigenvalue weighted by Gasteiger charge is 2.54. The van der Waals surface area contributed by atoms with Gasteiger partial charge in [0.1, 0.15) is 5.60 Å². The molecule has 1 atom stereocenters. The molecule has 1 fully saturated rings. The molecule has 2 aromatic carbocycles. The van der Waals surface area contributed by atoms with Crippen molar-refractivity contribution in [1.82, 2.24) is 4.90 Å². The van der Waals surface area contributed by atoms with Crippen LogP contribution in [-0.4, -0.2) is 33.2 Å². The maximum atomic E-state index is 13.5. The van der Waals surface area contributed by atoms with Gasteiger partial charge in [0.25, 0.3) is 0 Å². The number of carbonyl (C=O) groups is 2. The van der Waals surface area contributed by atoms with Crippen LogP contribution in [0, 0.1) is 5.92 Å². The maximum absolute atomic E-state index is 13.5. The fourth-order valence-corrected chi connectivity index (χ4v) is 4.63. The molecule has 1 aliphatic carbocycles. The van der Waals surface area contributed by atoms with Gasteiger partial charge in [-0.25, -0.2) is 9.59 Å². The highest BCUT2D eigenvalue weighted by molar-refractivity contribution is 5.85. The van der Waals surface area contributed by atoms with Gasteiger partial charge in [-0.1, -0.05) is 55.3 Å². The summed E-state index contributed by atoms with van der Waals surface area (Å²) in [6.45, 7) is 5.51. The Hall–Kier alpha value is -3.02. The summed E-state index contributed by atoms with van der Waals surface area (Å²) in [4.78, 5) is 28.1. The van der Waals surface area contributed by atoms with E-state index in [9.17, 15) is 14.7 Å². The number of nitrogen functional groups attached to an aromatic ring is 1. The molecular formula is C26H34N2O4. The number of nitrogens with two attached hydrogens (primary N) is 1. The topological polar surface area (TPSA) is 92.9 Å². The lowest BCUT2D eigenvalue weighted by atomic mass is 9.76. The number of nitrogens with zero attached hydrogens (tertiary/aromatic N) is 1. The van der Waals surface area contributed by atoms with Crippen molar-refractivity contribution in [2.75, 3.05) is 5.73 Å². The molecule has 6 heteroatoms. The van der Waals surface area contributed by atoms with Crippen LogP contribution in [-0.2, 0) is 22.5 Å². The van der Waals surface area contributed by atoms with Gasteiger partial charge in [0, 0.05) is 12.1 Å². The smallest absolute Gasteiger partial charge is 0.411 e. The highest BCUT2D eigenvalue weighted by atomic mass is 16.6. The van der Waals surface area contributed by atoms with Crippen molar-refractivity contribution in [3.8, 4) is 0 Å². The summed E-state index contributed by atoms with van der Waals surface area (Å²) >= 11 is 0. The van der Waals surface area contributed by atoms with Gasteiger partial charge in [0.2, 0.25) is 0 Å². The summed E-state index contributed by atoms with van der Waals surface area (Å²) in [5.74, 6) is -1.16. The molecule has 0 saturated heterocycles. The molecule has 0 radical (unpaired) electrons. The van der Waals surface area contributed by atoms with E-state index in [4.69, 9.17) is 10.5 Å². The normalized spacial score (nSPS) is 16.3. The molecule has 6 nitrogen and oxygen atoms in total. The van der Waals surface area contributed by atoms with E-state index < -0.39 is 23.2 Å². The summed E-state index contributed by atoms with van der Waals surface area (Å²) in [7, 11) is 0. The molecule has 0 heterocycles. The van der Waals surface area contributed by atoms with Gasteiger partial charge in [-0.3, -0.25) is 4.90 Å². The Labute approximate surface area is 190 Å². The number of carboxylic acid groups (broad SMARTS) is 1. The van der Waals surface area contributed by atoms with Gasteiger partial charge in [0.15, 0.2) is 5.54 Å². The largest absolute Gasteiger partial charge is 0.479 e. The van der Waals surface area contributed by atoms with E-state index in [1.165, 1.54) is 4.90 Å². The Morgan fingerprint density at radius 1 is 1.00 bits per heavy atom. The summed E-state index contributed by atoms with van der Waals surface area (Å²) in [6.07, 6.45) is 3.05. The number of amides is 1. The van der Waals surface area contributed by atoms with Crippen molar-refractivity contribution in [3.63, 3.8) is 0 Å². The zero-order valence-electron chi connectivity index (χ0n) is 19.2. The molecule has 0 aromatic heterocycles. The number of rotatable bonds is 7. The van der Waals surface area contributed by atoms with E-state index in [0.29, 0.717) is 5.69 Å². The van der Waals surface area contributed by atoms with Crippen molar-refractivity contribution in [1.29, 1.82) is 0 Å². The fourth-order valence-electron chi connectivity index (χ4n) is 4.63. The average Bonchev–Trinajstić information content (AvgIpc) is 3.26. The van der Waals surface area contributed by atoms with Crippen LogP contribution in [0.5, 0.6) is 0 Å². The lowest BCUT2D eigenvalue weighted by Crippen LogP contribution is -2.62. The molecule has 1 amide bonds. The number of benzene rings is 2. The predicted octanol–water partition coefficient (Wildman–Crippen LogP) is 5.26. The Balaban J connectivity index is 2.12. The van der Waals surface area contributed by atoms with Crippen molar-refractivity contribution in [2.24, 2.45) is 5.92 Å². The Morgan fingerprint density at radius 2 is 1.59 bits per heavy atom. The SMILES string of the molecule is CC(C)(C)OC(=O)N(Cc1ccc(N)cc1)[C@](Cc1ccccc1)(C(=O)O)C1CCCC1. The molecule has 0 spiro atoms. The Kier molecular flexibility index (Phi) is 7.12. The lowest BCUT2D eigenvalue weighted by molar-refractivity contribution is -0.156. The van der Waals surface area contributed by atoms with Crippen LogP contribution < -0.4 is 5.73 Å². The predicted molar refractivity (Wildman–Crippen MR) is 125 cm³/mol. The second-order valence-electron chi connectivity index (χ2n) is 9.68. The quantitative estimate of drug-likeness (QED) is 0.575. The second-order valence-corrected chi connectivity index (χ2v) is 9.68. The minimum absolute atomic E-state index is 0.130. The summed E-state index contributed by atoms with van der Waals surface area (Å²) in [5, 5.41) is 10.7. The molecule has 1 saturated carbocycles. The standard InChI is InChI=1S/C26H34N2O4/c1-25(2,3)32-24(31)28(18-20-13-15-22(27)16-14-20)26(23(29)30,21-11-7-8-12-21)17-19-9-5-4-6-10-19/h4-6,9-10,13-16,21H,7-8,11-12,17-18,27H2,1-3H3,(H,29,30)/t26-/m0/s1. The molecule has 0 bridgehead atoms. The van der Waals surface area contributed by atoms with Gasteiger partial charge < -0.3 is 15.6 Å². The monoisotopic (exact) mass is 438 g/mol. The minimum atomic E-state index is -1.42. The first-order valence-electron chi connectivity index (χ1n) is 11.2. The number of aliphatic carboxylic acids is 1. The van der Waals surface area contributed by atoms with E-state index in [1.807, 2.05) is 42.5 Å². The van der Waals surface area contributed by atoms with Gasteiger partial charge in [-0.05, 0) is 62.8 Å². The zero-order valence-corrected chi connectivity index (χ0v) is 19.2. The number of carbonyl (C=O) groups excluding carboxylic acids is 1. The number of ether oxygens (including phenoxy) is 1. The number of anilines is 1. The first kappa shape index (κ1) is 23.6. The highest BCUT2D eigenvalue weighted by Crippen LogP contribution is 2.42. The van der Waals surface area contributed by atoms with Gasteiger partial charge in [-0.2, -0.15) is 0 Å². The van der Waals surface area contributed by atoms with Crippen molar-refractivity contribution in [3.05, 3.63) is 65.7 Å². The van der Waals surface area contributed by atoms with Crippen LogP contribution in [0.2, 0.25) is 0 Å². The first-order valence-corrected chi connectivity index (χ1v) is 11.2. The van der Waals surface area contributed by atoms with Crippen molar-refractivity contribution in [2.45, 2.75) is 70.6 Å². The molecule has 3 rings (SSSR count). The molecule has 0 unspecified atom stereocenters. The van der Waals surface area contributed by atoms with Crippen molar-refractivity contribution < 1.29 is 19.4 Å². The Morgan fingerprint density at radius 3 is 2.12 bits per heavy atom. The lowest BCUT2D eigenvalue weighted by Gasteiger charge is -2.45. The van der Waals surface area contributed by atoms with Crippen molar-refractivity contribution >= 4 is 17.7 Å². The first-order chi connectivity index (χ1) is 15.1. The summed E-state index contributed by atoms with van der Waals surface area (Å²) in [6, 6.07) is 16.7. The minimum Gasteiger partial charge on any atom is -0.479 e. The molecule has 1 aliphatic rings. The zero-order chi connectivity index (χ0) is 23.4.